The van der Waals surface area contributed by atoms with Crippen LogP contribution in [0.2, 0.25) is 0 Å². The summed E-state index contributed by atoms with van der Waals surface area (Å²) in [5.41, 5.74) is 2.77. The molecule has 1 heterocycles. The van der Waals surface area contributed by atoms with Crippen molar-refractivity contribution >= 4 is 10.0 Å². The van der Waals surface area contributed by atoms with Gasteiger partial charge in [0.15, 0.2) is 0 Å². The molecule has 1 unspecified atom stereocenters. The van der Waals surface area contributed by atoms with Gasteiger partial charge in [-0.25, -0.2) is 8.42 Å². The minimum absolute atomic E-state index is 0.137. The summed E-state index contributed by atoms with van der Waals surface area (Å²) in [4.78, 5) is 0.137. The van der Waals surface area contributed by atoms with Gasteiger partial charge >= 0.3 is 0 Å². The van der Waals surface area contributed by atoms with Gasteiger partial charge in [0, 0.05) is 12.1 Å². The van der Waals surface area contributed by atoms with Gasteiger partial charge in [-0.2, -0.15) is 4.31 Å². The molecule has 7 heteroatoms. The minimum Gasteiger partial charge on any atom is -0.496 e. The van der Waals surface area contributed by atoms with Gasteiger partial charge in [0.25, 0.3) is 0 Å². The van der Waals surface area contributed by atoms with Gasteiger partial charge in [0.2, 0.25) is 10.0 Å². The molecule has 4 rings (SSSR count). The molecule has 168 valence electrons. The van der Waals surface area contributed by atoms with Gasteiger partial charge in [-0.1, -0.05) is 54.6 Å². The Hall–Kier alpha value is -2.87. The number of sulfonamides is 1. The topological polar surface area (TPSA) is 65.1 Å². The van der Waals surface area contributed by atoms with Crippen molar-refractivity contribution in [1.82, 2.24) is 4.31 Å². The van der Waals surface area contributed by atoms with Gasteiger partial charge in [0.05, 0.1) is 33.5 Å². The Labute approximate surface area is 189 Å². The lowest BCUT2D eigenvalue weighted by Crippen LogP contribution is -2.45. The Kier molecular flexibility index (Phi) is 6.79. The monoisotopic (exact) mass is 453 g/mol. The van der Waals surface area contributed by atoms with Gasteiger partial charge in [-0.3, -0.25) is 0 Å². The Bertz CT molecular complexity index is 1160. The maximum Gasteiger partial charge on any atom is 0.247 e. The summed E-state index contributed by atoms with van der Waals surface area (Å²) in [7, 11) is -0.839. The van der Waals surface area contributed by atoms with Crippen LogP contribution in [0.25, 0.3) is 0 Å². The van der Waals surface area contributed by atoms with Gasteiger partial charge in [-0.05, 0) is 35.7 Å². The SMILES string of the molecule is COc1ccccc1S(=O)(=O)N1Cc2c(cccc2OC)COCC1Cc1ccccc1. The number of para-hydroxylation sites is 1. The number of rotatable bonds is 6. The summed E-state index contributed by atoms with van der Waals surface area (Å²) in [6, 6.07) is 21.9. The van der Waals surface area contributed by atoms with E-state index in [1.165, 1.54) is 11.4 Å². The largest absolute Gasteiger partial charge is 0.496 e. The van der Waals surface area contributed by atoms with Gasteiger partial charge in [-0.15, -0.1) is 0 Å². The summed E-state index contributed by atoms with van der Waals surface area (Å²) in [5, 5.41) is 0. The van der Waals surface area contributed by atoms with E-state index in [1.807, 2.05) is 48.5 Å². The van der Waals surface area contributed by atoms with Crippen LogP contribution >= 0.6 is 0 Å². The second kappa shape index (κ2) is 9.73. The number of hydrogen-bond donors (Lipinski definition) is 0. The van der Waals surface area contributed by atoms with E-state index >= 15 is 0 Å². The third-order valence-electron chi connectivity index (χ3n) is 5.71. The number of methoxy groups -OCH3 is 2. The zero-order valence-electron chi connectivity index (χ0n) is 18.2. The lowest BCUT2D eigenvalue weighted by molar-refractivity contribution is 0.0668. The maximum atomic E-state index is 14.0. The fourth-order valence-corrected chi connectivity index (χ4v) is 5.81. The molecular weight excluding hydrogens is 426 g/mol. The van der Waals surface area contributed by atoms with E-state index in [9.17, 15) is 8.42 Å². The van der Waals surface area contributed by atoms with E-state index in [2.05, 4.69) is 0 Å². The molecular formula is C25H27NO5S. The van der Waals surface area contributed by atoms with Crippen LogP contribution in [0.1, 0.15) is 16.7 Å². The second-order valence-corrected chi connectivity index (χ2v) is 9.52. The summed E-state index contributed by atoms with van der Waals surface area (Å²) < 4.78 is 46.5. The van der Waals surface area contributed by atoms with Crippen LogP contribution in [-0.2, 0) is 34.3 Å². The molecule has 3 aromatic rings. The molecule has 0 aliphatic carbocycles. The van der Waals surface area contributed by atoms with E-state index in [0.29, 0.717) is 24.5 Å². The highest BCUT2D eigenvalue weighted by atomic mass is 32.2. The lowest BCUT2D eigenvalue weighted by atomic mass is 10.0. The van der Waals surface area contributed by atoms with Crippen molar-refractivity contribution < 1.29 is 22.6 Å². The van der Waals surface area contributed by atoms with Crippen LogP contribution in [0.3, 0.4) is 0 Å². The van der Waals surface area contributed by atoms with Gasteiger partial charge < -0.3 is 14.2 Å². The van der Waals surface area contributed by atoms with Crippen LogP contribution in [-0.4, -0.2) is 39.6 Å². The molecule has 0 radical (unpaired) electrons. The first-order valence-electron chi connectivity index (χ1n) is 10.5. The van der Waals surface area contributed by atoms with E-state index in [4.69, 9.17) is 14.2 Å². The fourth-order valence-electron chi connectivity index (χ4n) is 4.08. The Morgan fingerprint density at radius 2 is 1.59 bits per heavy atom. The summed E-state index contributed by atoms with van der Waals surface area (Å²) in [6.45, 7) is 0.862. The predicted octanol–water partition coefficient (Wildman–Crippen LogP) is 4.04. The number of fused-ring (bicyclic) bond motifs is 1. The number of hydrogen-bond acceptors (Lipinski definition) is 5. The third kappa shape index (κ3) is 4.50. The average Bonchev–Trinajstić information content (AvgIpc) is 2.81. The van der Waals surface area contributed by atoms with E-state index in [1.54, 1.807) is 31.4 Å². The molecule has 0 saturated heterocycles. The number of ether oxygens (including phenoxy) is 3. The van der Waals surface area contributed by atoms with E-state index < -0.39 is 16.1 Å². The normalized spacial score (nSPS) is 17.1. The molecule has 0 aromatic heterocycles. The van der Waals surface area contributed by atoms with Crippen molar-refractivity contribution in [1.29, 1.82) is 0 Å². The van der Waals surface area contributed by atoms with Crippen molar-refractivity contribution in [2.45, 2.75) is 30.5 Å². The molecule has 0 amide bonds. The summed E-state index contributed by atoms with van der Waals surface area (Å²) in [5.74, 6) is 0.959. The standard InChI is InChI=1S/C25H27NO5S/c1-29-23-13-8-11-20-17-31-18-21(15-19-9-4-3-5-10-19)26(16-22(20)23)32(27,28)25-14-7-6-12-24(25)30-2/h3-14,21H,15-18H2,1-2H3. The molecule has 0 N–H and O–H groups in total. The second-order valence-electron chi connectivity index (χ2n) is 7.66. The molecule has 1 atom stereocenters. The summed E-state index contributed by atoms with van der Waals surface area (Å²) >= 11 is 0. The Morgan fingerprint density at radius 1 is 0.906 bits per heavy atom. The highest BCUT2D eigenvalue weighted by Gasteiger charge is 2.36. The predicted molar refractivity (Wildman–Crippen MR) is 122 cm³/mol. The molecule has 0 fully saturated rings. The van der Waals surface area contributed by atoms with E-state index in [0.717, 1.165) is 16.7 Å². The fraction of sp³-hybridized carbons (Fsp3) is 0.280. The Morgan fingerprint density at radius 3 is 2.34 bits per heavy atom. The van der Waals surface area contributed by atoms with E-state index in [-0.39, 0.29) is 18.0 Å². The number of benzene rings is 3. The molecule has 1 aliphatic heterocycles. The van der Waals surface area contributed by atoms with Crippen LogP contribution in [0.4, 0.5) is 0 Å². The molecule has 0 bridgehead atoms. The zero-order valence-corrected chi connectivity index (χ0v) is 19.0. The van der Waals surface area contributed by atoms with Crippen molar-refractivity contribution in [3.63, 3.8) is 0 Å². The van der Waals surface area contributed by atoms with Crippen molar-refractivity contribution in [2.75, 3.05) is 20.8 Å². The molecule has 0 saturated carbocycles. The molecule has 1 aliphatic rings. The zero-order chi connectivity index (χ0) is 22.6. The highest BCUT2D eigenvalue weighted by Crippen LogP contribution is 2.34. The minimum atomic E-state index is -3.91. The number of nitrogens with zero attached hydrogens (tertiary/aromatic N) is 1. The Balaban J connectivity index is 1.83. The third-order valence-corrected chi connectivity index (χ3v) is 7.65. The van der Waals surface area contributed by atoms with Crippen molar-refractivity contribution in [3.8, 4) is 11.5 Å². The molecule has 3 aromatic carbocycles. The van der Waals surface area contributed by atoms with Crippen molar-refractivity contribution in [3.05, 3.63) is 89.5 Å². The first kappa shape index (κ1) is 22.3. The smallest absolute Gasteiger partial charge is 0.247 e. The van der Waals surface area contributed by atoms with Crippen LogP contribution in [0.5, 0.6) is 11.5 Å². The van der Waals surface area contributed by atoms with Crippen LogP contribution < -0.4 is 9.47 Å². The molecule has 6 nitrogen and oxygen atoms in total. The first-order chi connectivity index (χ1) is 15.5. The van der Waals surface area contributed by atoms with Crippen LogP contribution in [0, 0.1) is 0 Å². The average molecular weight is 454 g/mol. The first-order valence-corrected chi connectivity index (χ1v) is 11.9. The molecule has 0 spiro atoms. The molecule has 32 heavy (non-hydrogen) atoms. The highest BCUT2D eigenvalue weighted by molar-refractivity contribution is 7.89. The van der Waals surface area contributed by atoms with Gasteiger partial charge in [0.1, 0.15) is 16.4 Å². The van der Waals surface area contributed by atoms with Crippen molar-refractivity contribution in [2.24, 2.45) is 0 Å². The summed E-state index contributed by atoms with van der Waals surface area (Å²) in [6.07, 6.45) is 0.527. The quantitative estimate of drug-likeness (QED) is 0.564. The lowest BCUT2D eigenvalue weighted by Gasteiger charge is -2.34. The maximum absolute atomic E-state index is 14.0. The van der Waals surface area contributed by atoms with Crippen LogP contribution in [0.15, 0.2) is 77.7 Å².